The number of amides is 1. The van der Waals surface area contributed by atoms with E-state index in [4.69, 9.17) is 27.6 Å². The van der Waals surface area contributed by atoms with Crippen molar-refractivity contribution in [3.8, 4) is 11.3 Å². The maximum Gasteiger partial charge on any atom is 0.433 e. The van der Waals surface area contributed by atoms with E-state index in [0.717, 1.165) is 11.3 Å². The predicted octanol–water partition coefficient (Wildman–Crippen LogP) is 3.56. The van der Waals surface area contributed by atoms with E-state index < -0.39 is 16.7 Å². The maximum atomic E-state index is 12.6. The van der Waals surface area contributed by atoms with E-state index in [-0.39, 0.29) is 5.76 Å². The molecule has 1 saturated heterocycles. The van der Waals surface area contributed by atoms with Gasteiger partial charge in [0.25, 0.3) is 11.7 Å². The highest BCUT2D eigenvalue weighted by Crippen LogP contribution is 2.29. The Kier molecular flexibility index (Phi) is 5.35. The van der Waals surface area contributed by atoms with Gasteiger partial charge >= 0.3 is 5.88 Å². The van der Waals surface area contributed by atoms with E-state index in [1.54, 1.807) is 27.7 Å². The number of hydrogen-bond donors (Lipinski definition) is 0. The van der Waals surface area contributed by atoms with Crippen LogP contribution in [0.2, 0.25) is 10.0 Å². The molecule has 0 saturated carbocycles. The fourth-order valence-electron chi connectivity index (χ4n) is 3.60. The molecule has 1 aliphatic heterocycles. The molecule has 33 heavy (non-hydrogen) atoms. The number of halogens is 2. The molecule has 4 aromatic rings. The molecule has 0 N–H and O–H groups in total. The fraction of sp³-hybridized carbons (Fsp3) is 0.200. The van der Waals surface area contributed by atoms with Crippen molar-refractivity contribution >= 4 is 46.7 Å². The second-order valence-corrected chi connectivity index (χ2v) is 8.07. The molecular weight excluding hydrogens is 473 g/mol. The Hall–Kier alpha value is -3.70. The number of furan rings is 1. The van der Waals surface area contributed by atoms with Crippen LogP contribution in [0.25, 0.3) is 17.0 Å². The number of hydrogen-bond acceptors (Lipinski definition) is 8. The van der Waals surface area contributed by atoms with E-state index in [1.807, 2.05) is 17.0 Å². The first-order valence-electron chi connectivity index (χ1n) is 9.86. The second kappa shape index (κ2) is 8.34. The van der Waals surface area contributed by atoms with E-state index in [2.05, 4.69) is 15.1 Å². The van der Waals surface area contributed by atoms with Gasteiger partial charge < -0.3 is 14.2 Å². The van der Waals surface area contributed by atoms with Crippen molar-refractivity contribution in [2.75, 3.05) is 31.1 Å². The summed E-state index contributed by atoms with van der Waals surface area (Å²) in [6.45, 7) is 1.73. The lowest BCUT2D eigenvalue weighted by Gasteiger charge is -2.33. The molecule has 0 unspecified atom stereocenters. The normalized spacial score (nSPS) is 14.1. The number of benzene rings is 1. The van der Waals surface area contributed by atoms with Crippen LogP contribution in [0.15, 0.2) is 47.0 Å². The Labute approximate surface area is 196 Å². The van der Waals surface area contributed by atoms with Gasteiger partial charge in [0.05, 0.1) is 21.8 Å². The van der Waals surface area contributed by atoms with Crippen molar-refractivity contribution in [2.24, 2.45) is 0 Å². The molecule has 0 atom stereocenters. The summed E-state index contributed by atoms with van der Waals surface area (Å²) in [6.07, 6.45) is 1.64. The largest absolute Gasteiger partial charge is 0.433 e. The summed E-state index contributed by atoms with van der Waals surface area (Å²) in [5.74, 6) is -0.00682. The molecule has 0 radical (unpaired) electrons. The molecule has 0 spiro atoms. The molecule has 1 aliphatic rings. The summed E-state index contributed by atoms with van der Waals surface area (Å²) < 4.78 is 6.66. The van der Waals surface area contributed by atoms with Crippen molar-refractivity contribution in [1.82, 2.24) is 24.5 Å². The third-order valence-corrected chi connectivity index (χ3v) is 6.02. The van der Waals surface area contributed by atoms with E-state index in [0.29, 0.717) is 48.0 Å². The molecule has 13 heteroatoms. The van der Waals surface area contributed by atoms with E-state index in [9.17, 15) is 14.9 Å². The second-order valence-electron chi connectivity index (χ2n) is 7.26. The number of nitrogens with zero attached hydrogens (tertiary/aromatic N) is 7. The van der Waals surface area contributed by atoms with Crippen molar-refractivity contribution in [2.45, 2.75) is 0 Å². The average molecular weight is 488 g/mol. The summed E-state index contributed by atoms with van der Waals surface area (Å²) in [6, 6.07) is 9.60. The standard InChI is InChI=1S/C20H15Cl2N7O4/c21-13-2-1-12(11-14(13)22)15-5-6-23-19-24-20(25-28(15)19)27-9-7-26(8-10-27)18(30)16-3-4-17(33-16)29(31)32/h1-6,11H,7-10H2. The highest BCUT2D eigenvalue weighted by atomic mass is 35.5. The first-order chi connectivity index (χ1) is 15.9. The van der Waals surface area contributed by atoms with Gasteiger partial charge in [-0.3, -0.25) is 14.9 Å². The van der Waals surface area contributed by atoms with Crippen molar-refractivity contribution < 1.29 is 14.1 Å². The molecule has 3 aromatic heterocycles. The lowest BCUT2D eigenvalue weighted by Crippen LogP contribution is -2.49. The van der Waals surface area contributed by atoms with Crippen LogP contribution < -0.4 is 4.90 Å². The van der Waals surface area contributed by atoms with E-state index >= 15 is 0 Å². The number of anilines is 1. The number of carbonyl (C=O) groups excluding carboxylic acids is 1. The highest BCUT2D eigenvalue weighted by Gasteiger charge is 2.27. The summed E-state index contributed by atoms with van der Waals surface area (Å²) in [4.78, 5) is 35.0. The average Bonchev–Trinajstić information content (AvgIpc) is 3.48. The Morgan fingerprint density at radius 2 is 1.85 bits per heavy atom. The molecule has 1 aromatic carbocycles. The van der Waals surface area contributed by atoms with Crippen molar-refractivity contribution in [3.63, 3.8) is 0 Å². The lowest BCUT2D eigenvalue weighted by atomic mass is 10.1. The number of piperazine rings is 1. The monoisotopic (exact) mass is 487 g/mol. The Bertz CT molecular complexity index is 1380. The van der Waals surface area contributed by atoms with Crippen LogP contribution in [-0.2, 0) is 0 Å². The van der Waals surface area contributed by atoms with Crippen LogP contribution in [0.1, 0.15) is 10.6 Å². The predicted molar refractivity (Wildman–Crippen MR) is 120 cm³/mol. The van der Waals surface area contributed by atoms with Gasteiger partial charge in [0.1, 0.15) is 4.92 Å². The van der Waals surface area contributed by atoms with Gasteiger partial charge in [-0.1, -0.05) is 29.3 Å². The maximum absolute atomic E-state index is 12.6. The topological polar surface area (TPSA) is 123 Å². The first-order valence-corrected chi connectivity index (χ1v) is 10.6. The van der Waals surface area contributed by atoms with E-state index in [1.165, 1.54) is 12.1 Å². The molecule has 5 rings (SSSR count). The molecule has 1 amide bonds. The van der Waals surface area contributed by atoms with Gasteiger partial charge in [-0.25, -0.2) is 4.98 Å². The zero-order valence-electron chi connectivity index (χ0n) is 16.9. The minimum atomic E-state index is -0.677. The van der Waals surface area contributed by atoms with Gasteiger partial charge in [0, 0.05) is 37.9 Å². The zero-order valence-corrected chi connectivity index (χ0v) is 18.4. The summed E-state index contributed by atoms with van der Waals surface area (Å²) in [7, 11) is 0. The van der Waals surface area contributed by atoms with Gasteiger partial charge in [0.2, 0.25) is 5.95 Å². The third-order valence-electron chi connectivity index (χ3n) is 5.28. The summed E-state index contributed by atoms with van der Waals surface area (Å²) >= 11 is 12.2. The number of aromatic nitrogens is 4. The minimum Gasteiger partial charge on any atom is -0.395 e. The van der Waals surface area contributed by atoms with Crippen LogP contribution in [0.4, 0.5) is 11.8 Å². The smallest absolute Gasteiger partial charge is 0.395 e. The van der Waals surface area contributed by atoms with Gasteiger partial charge in [0.15, 0.2) is 5.76 Å². The Balaban J connectivity index is 1.34. The molecule has 1 fully saturated rings. The van der Waals surface area contributed by atoms with Crippen LogP contribution in [0.5, 0.6) is 0 Å². The molecule has 11 nitrogen and oxygen atoms in total. The third kappa shape index (κ3) is 3.96. The SMILES string of the molecule is O=C(c1ccc([N+](=O)[O-])o1)N1CCN(c2nc3nccc(-c4ccc(Cl)c(Cl)c4)n3n2)CC1. The van der Waals surface area contributed by atoms with Gasteiger partial charge in [-0.05, 0) is 24.3 Å². The van der Waals surface area contributed by atoms with Crippen LogP contribution in [0.3, 0.4) is 0 Å². The van der Waals surface area contributed by atoms with Crippen LogP contribution in [0, 0.1) is 10.1 Å². The molecular formula is C20H15Cl2N7O4. The number of fused-ring (bicyclic) bond motifs is 1. The molecule has 168 valence electrons. The number of nitro groups is 1. The van der Waals surface area contributed by atoms with Crippen LogP contribution >= 0.6 is 23.2 Å². The summed E-state index contributed by atoms with van der Waals surface area (Å²) in [5, 5.41) is 16.3. The quantitative estimate of drug-likeness (QED) is 0.316. The zero-order chi connectivity index (χ0) is 23.1. The molecule has 0 bridgehead atoms. The Morgan fingerprint density at radius 3 is 2.55 bits per heavy atom. The van der Waals surface area contributed by atoms with Gasteiger partial charge in [-0.15, -0.1) is 5.10 Å². The fourth-order valence-corrected chi connectivity index (χ4v) is 3.90. The summed E-state index contributed by atoms with van der Waals surface area (Å²) in [5.41, 5.74) is 1.57. The first kappa shape index (κ1) is 21.2. The van der Waals surface area contributed by atoms with Crippen molar-refractivity contribution in [3.05, 3.63) is 68.5 Å². The Morgan fingerprint density at radius 1 is 1.06 bits per heavy atom. The van der Waals surface area contributed by atoms with Crippen LogP contribution in [-0.4, -0.2) is 61.5 Å². The molecule has 0 aliphatic carbocycles. The number of carbonyl (C=O) groups is 1. The number of rotatable bonds is 4. The minimum absolute atomic E-state index is 0.0588. The highest BCUT2D eigenvalue weighted by molar-refractivity contribution is 6.42. The molecule has 4 heterocycles. The van der Waals surface area contributed by atoms with Gasteiger partial charge in [-0.2, -0.15) is 9.50 Å². The lowest BCUT2D eigenvalue weighted by molar-refractivity contribution is -0.402. The van der Waals surface area contributed by atoms with Crippen molar-refractivity contribution in [1.29, 1.82) is 0 Å².